The summed E-state index contributed by atoms with van der Waals surface area (Å²) in [5.74, 6) is -1.23. The molecule has 0 aromatic heterocycles. The van der Waals surface area contributed by atoms with Crippen LogP contribution in [0.25, 0.3) is 0 Å². The highest BCUT2D eigenvalue weighted by molar-refractivity contribution is 6.47. The Kier molecular flexibility index (Phi) is 7.15. The molecule has 2 aliphatic carbocycles. The van der Waals surface area contributed by atoms with E-state index in [0.717, 1.165) is 44.8 Å². The molecule has 31 heavy (non-hydrogen) atoms. The first-order valence-electron chi connectivity index (χ1n) is 11.5. The van der Waals surface area contributed by atoms with Gasteiger partial charge in [0.05, 0.1) is 11.5 Å². The Morgan fingerprint density at radius 3 is 2.29 bits per heavy atom. The van der Waals surface area contributed by atoms with Gasteiger partial charge in [0.1, 0.15) is 5.75 Å². The number of benzene rings is 1. The molecule has 0 bridgehead atoms. The molecule has 0 saturated heterocycles. The van der Waals surface area contributed by atoms with E-state index in [4.69, 9.17) is 4.65 Å². The summed E-state index contributed by atoms with van der Waals surface area (Å²) in [5.41, 5.74) is 0.702. The monoisotopic (exact) mass is 429 g/mol. The minimum absolute atomic E-state index is 0.0232. The molecule has 0 spiro atoms. The maximum absolute atomic E-state index is 12.6. The van der Waals surface area contributed by atoms with Gasteiger partial charge in [-0.3, -0.25) is 4.79 Å². The smallest absolute Gasteiger partial charge is 0.534 e. The topological polar surface area (TPSA) is 120 Å². The molecule has 8 nitrogen and oxygen atoms in total. The molecule has 3 aliphatic rings. The van der Waals surface area contributed by atoms with Gasteiger partial charge in [-0.2, -0.15) is 0 Å². The van der Waals surface area contributed by atoms with Crippen LogP contribution < -0.4 is 20.6 Å². The summed E-state index contributed by atoms with van der Waals surface area (Å²) in [6.07, 6.45) is 7.63. The van der Waals surface area contributed by atoms with Crippen molar-refractivity contribution < 1.29 is 24.4 Å². The van der Waals surface area contributed by atoms with Crippen molar-refractivity contribution in [3.63, 3.8) is 0 Å². The highest BCUT2D eigenvalue weighted by atomic mass is 16.5. The molecule has 1 aliphatic heterocycles. The van der Waals surface area contributed by atoms with Gasteiger partial charge in [-0.05, 0) is 62.5 Å². The van der Waals surface area contributed by atoms with Crippen LogP contribution >= 0.6 is 0 Å². The highest BCUT2D eigenvalue weighted by Gasteiger charge is 2.38. The number of fused-ring (bicyclic) bond motifs is 1. The Labute approximate surface area is 183 Å². The highest BCUT2D eigenvalue weighted by Crippen LogP contribution is 2.31. The fourth-order valence-corrected chi connectivity index (χ4v) is 4.65. The van der Waals surface area contributed by atoms with E-state index in [-0.39, 0.29) is 17.2 Å². The van der Waals surface area contributed by atoms with Crippen molar-refractivity contribution in [3.05, 3.63) is 29.3 Å². The van der Waals surface area contributed by atoms with Crippen molar-refractivity contribution >= 4 is 19.0 Å². The number of carboxylic acid groups (broad SMARTS) is 1. The van der Waals surface area contributed by atoms with Crippen LogP contribution in [-0.4, -0.2) is 60.2 Å². The number of aromatic carboxylic acids is 1. The fourth-order valence-electron chi connectivity index (χ4n) is 4.65. The average molecular weight is 429 g/mol. The summed E-state index contributed by atoms with van der Waals surface area (Å²) in [7, 11) is -1.26. The van der Waals surface area contributed by atoms with Gasteiger partial charge < -0.3 is 30.7 Å². The predicted octanol–water partition coefficient (Wildman–Crippen LogP) is 1.11. The Morgan fingerprint density at radius 2 is 1.68 bits per heavy atom. The third-order valence-corrected chi connectivity index (χ3v) is 6.59. The third-order valence-electron chi connectivity index (χ3n) is 6.59. The van der Waals surface area contributed by atoms with Gasteiger partial charge in [0.2, 0.25) is 5.91 Å². The molecule has 168 valence electrons. The van der Waals surface area contributed by atoms with Crippen molar-refractivity contribution in [3.8, 4) is 5.75 Å². The van der Waals surface area contributed by atoms with Crippen LogP contribution in [0.2, 0.25) is 0 Å². The lowest BCUT2D eigenvalue weighted by molar-refractivity contribution is -0.122. The van der Waals surface area contributed by atoms with Crippen LogP contribution in [0.4, 0.5) is 0 Å². The van der Waals surface area contributed by atoms with Crippen molar-refractivity contribution in [2.24, 2.45) is 5.92 Å². The van der Waals surface area contributed by atoms with Gasteiger partial charge in [-0.25, -0.2) is 4.79 Å². The Morgan fingerprint density at radius 1 is 1.03 bits per heavy atom. The lowest BCUT2D eigenvalue weighted by atomic mass is 9.72. The molecular weight excluding hydrogens is 397 g/mol. The first-order chi connectivity index (χ1) is 15.0. The van der Waals surface area contributed by atoms with E-state index in [9.17, 15) is 19.7 Å². The normalized spacial score (nSPS) is 25.5. The zero-order valence-corrected chi connectivity index (χ0v) is 17.8. The third kappa shape index (κ3) is 5.99. The number of amides is 1. The molecule has 1 amide bonds. The number of nitrogens with one attached hydrogen (secondary N) is 3. The summed E-state index contributed by atoms with van der Waals surface area (Å²) < 4.78 is 5.45. The molecule has 1 heterocycles. The summed E-state index contributed by atoms with van der Waals surface area (Å²) in [4.78, 5) is 23.9. The molecule has 9 heteroatoms. The Hall–Kier alpha value is -2.10. The predicted molar refractivity (Wildman–Crippen MR) is 117 cm³/mol. The summed E-state index contributed by atoms with van der Waals surface area (Å²) in [6.45, 7) is 2.02. The Balaban J connectivity index is 1.19. The first kappa shape index (κ1) is 22.1. The molecule has 2 saturated carbocycles. The molecule has 1 aromatic rings. The second kappa shape index (κ2) is 10.0. The number of carbonyl (C=O) groups is 2. The number of rotatable bonds is 9. The SMILES string of the molecule is O=C(C[C@H]1CC[C@H](NCCNC2CC2)CC1)N[C@H]1Cc2cccc(C(=O)O)c2OB1O. The maximum Gasteiger partial charge on any atom is 0.547 e. The van der Waals surface area contributed by atoms with Gasteiger partial charge in [-0.1, -0.05) is 12.1 Å². The molecule has 0 radical (unpaired) electrons. The second-order valence-corrected chi connectivity index (χ2v) is 9.09. The zero-order valence-electron chi connectivity index (χ0n) is 17.8. The minimum atomic E-state index is -1.26. The van der Waals surface area contributed by atoms with Crippen molar-refractivity contribution in [1.29, 1.82) is 0 Å². The summed E-state index contributed by atoms with van der Waals surface area (Å²) in [5, 5.41) is 29.6. The van der Waals surface area contributed by atoms with E-state index in [1.54, 1.807) is 12.1 Å². The van der Waals surface area contributed by atoms with Crippen molar-refractivity contribution in [2.45, 2.75) is 69.4 Å². The number of hydrogen-bond donors (Lipinski definition) is 5. The quantitative estimate of drug-likeness (QED) is 0.295. The van der Waals surface area contributed by atoms with Gasteiger partial charge in [0.15, 0.2) is 0 Å². The van der Waals surface area contributed by atoms with Crippen LogP contribution in [0.3, 0.4) is 0 Å². The first-order valence-corrected chi connectivity index (χ1v) is 11.5. The van der Waals surface area contributed by atoms with Crippen LogP contribution in [0.5, 0.6) is 5.75 Å². The van der Waals surface area contributed by atoms with Crippen molar-refractivity contribution in [1.82, 2.24) is 16.0 Å². The number of carbonyl (C=O) groups excluding carboxylic acids is 1. The number of hydrogen-bond acceptors (Lipinski definition) is 6. The zero-order chi connectivity index (χ0) is 21.8. The Bertz CT molecular complexity index is 795. The van der Waals surface area contributed by atoms with Crippen LogP contribution in [-0.2, 0) is 11.2 Å². The van der Waals surface area contributed by atoms with Gasteiger partial charge in [0, 0.05) is 31.6 Å². The summed E-state index contributed by atoms with van der Waals surface area (Å²) >= 11 is 0. The molecular formula is C22H32BN3O5. The molecule has 2 fully saturated rings. The van der Waals surface area contributed by atoms with E-state index in [1.807, 2.05) is 0 Å². The lowest BCUT2D eigenvalue weighted by Crippen LogP contribution is -2.53. The van der Waals surface area contributed by atoms with E-state index in [1.165, 1.54) is 18.9 Å². The van der Waals surface area contributed by atoms with Gasteiger partial charge in [0.25, 0.3) is 0 Å². The molecule has 1 atom stereocenters. The summed E-state index contributed by atoms with van der Waals surface area (Å²) in [6, 6.07) is 6.14. The number of para-hydroxylation sites is 1. The fraction of sp³-hybridized carbons (Fsp3) is 0.636. The second-order valence-electron chi connectivity index (χ2n) is 9.09. The van der Waals surface area contributed by atoms with E-state index < -0.39 is 19.0 Å². The van der Waals surface area contributed by atoms with Crippen molar-refractivity contribution in [2.75, 3.05) is 13.1 Å². The average Bonchev–Trinajstić information content (AvgIpc) is 3.57. The van der Waals surface area contributed by atoms with E-state index in [0.29, 0.717) is 30.4 Å². The standard InChI is InChI=1S/C22H32BN3O5/c27-20(12-14-4-6-16(7-5-14)24-10-11-25-17-8-9-17)26-19-13-15-2-1-3-18(22(28)29)21(15)31-23(19)30/h1-3,14,16-17,19,24-25,30H,4-13H2,(H,26,27)(H,28,29)/t14-,16-,19-/m0/s1. The maximum atomic E-state index is 12.6. The van der Waals surface area contributed by atoms with Gasteiger partial charge in [-0.15, -0.1) is 0 Å². The largest absolute Gasteiger partial charge is 0.547 e. The lowest BCUT2D eigenvalue weighted by Gasteiger charge is -2.31. The number of carboxylic acids is 1. The van der Waals surface area contributed by atoms with E-state index >= 15 is 0 Å². The molecule has 1 aromatic carbocycles. The van der Waals surface area contributed by atoms with Gasteiger partial charge >= 0.3 is 13.1 Å². The van der Waals surface area contributed by atoms with Crippen LogP contribution in [0, 0.1) is 5.92 Å². The molecule has 5 N–H and O–H groups in total. The van der Waals surface area contributed by atoms with Crippen LogP contribution in [0.1, 0.15) is 60.9 Å². The minimum Gasteiger partial charge on any atom is -0.534 e. The van der Waals surface area contributed by atoms with E-state index in [2.05, 4.69) is 16.0 Å². The molecule has 0 unspecified atom stereocenters. The molecule has 4 rings (SSSR count). The van der Waals surface area contributed by atoms with Crippen LogP contribution in [0.15, 0.2) is 18.2 Å².